The first-order chi connectivity index (χ1) is 7.83. The van der Waals surface area contributed by atoms with E-state index in [0.717, 1.165) is 24.4 Å². The Labute approximate surface area is 96.0 Å². The number of hydrogen-bond donors (Lipinski definition) is 1. The van der Waals surface area contributed by atoms with E-state index in [9.17, 15) is 0 Å². The van der Waals surface area contributed by atoms with E-state index in [-0.39, 0.29) is 0 Å². The lowest BCUT2D eigenvalue weighted by Gasteiger charge is -2.19. The molecular formula is C12H19N3O. The minimum Gasteiger partial charge on any atom is -0.360 e. The Hall–Kier alpha value is -0.870. The molecule has 2 fully saturated rings. The Bertz CT molecular complexity index is 334. The van der Waals surface area contributed by atoms with E-state index in [1.807, 2.05) is 6.07 Å². The molecule has 0 bridgehead atoms. The summed E-state index contributed by atoms with van der Waals surface area (Å²) in [5.41, 5.74) is 0. The van der Waals surface area contributed by atoms with Crippen molar-refractivity contribution >= 4 is 0 Å². The third-order valence-electron chi connectivity index (χ3n) is 3.70. The standard InChI is InChI=1S/C12H19N3O/c1-9-6-10(8-15(9)11-2-3-11)13-7-12-4-5-14-16-12/h4-5,9-11,13H,2-3,6-8H2,1H3. The number of likely N-dealkylation sites (tertiary alicyclic amines) is 1. The quantitative estimate of drug-likeness (QED) is 0.834. The van der Waals surface area contributed by atoms with Crippen LogP contribution in [0.15, 0.2) is 16.8 Å². The molecule has 1 N–H and O–H groups in total. The van der Waals surface area contributed by atoms with E-state index in [1.54, 1.807) is 6.20 Å². The predicted molar refractivity (Wildman–Crippen MR) is 60.9 cm³/mol. The van der Waals surface area contributed by atoms with E-state index in [0.29, 0.717) is 6.04 Å². The summed E-state index contributed by atoms with van der Waals surface area (Å²) in [6, 6.07) is 4.15. The van der Waals surface area contributed by atoms with Crippen molar-refractivity contribution in [3.8, 4) is 0 Å². The van der Waals surface area contributed by atoms with E-state index < -0.39 is 0 Å². The monoisotopic (exact) mass is 221 g/mol. The fourth-order valence-corrected chi connectivity index (χ4v) is 2.70. The molecule has 2 unspecified atom stereocenters. The normalized spacial score (nSPS) is 31.1. The molecule has 0 spiro atoms. The Kier molecular flexibility index (Phi) is 2.69. The summed E-state index contributed by atoms with van der Waals surface area (Å²) in [5, 5.41) is 7.26. The average Bonchev–Trinajstić information content (AvgIpc) is 2.85. The van der Waals surface area contributed by atoms with Crippen molar-refractivity contribution < 1.29 is 4.52 Å². The fraction of sp³-hybridized carbons (Fsp3) is 0.750. The summed E-state index contributed by atoms with van der Waals surface area (Å²) < 4.78 is 5.08. The molecule has 1 saturated heterocycles. The van der Waals surface area contributed by atoms with Crippen molar-refractivity contribution in [2.45, 2.75) is 50.9 Å². The molecule has 4 heteroatoms. The summed E-state index contributed by atoms with van der Waals surface area (Å²) in [4.78, 5) is 2.65. The number of nitrogens with zero attached hydrogens (tertiary/aromatic N) is 2. The van der Waals surface area contributed by atoms with Crippen LogP contribution in [-0.2, 0) is 6.54 Å². The molecule has 2 atom stereocenters. The van der Waals surface area contributed by atoms with Crippen molar-refractivity contribution in [3.63, 3.8) is 0 Å². The topological polar surface area (TPSA) is 41.3 Å². The average molecular weight is 221 g/mol. The molecule has 16 heavy (non-hydrogen) atoms. The summed E-state index contributed by atoms with van der Waals surface area (Å²) in [5.74, 6) is 0.928. The zero-order valence-electron chi connectivity index (χ0n) is 9.72. The van der Waals surface area contributed by atoms with Crippen LogP contribution < -0.4 is 5.32 Å². The van der Waals surface area contributed by atoms with E-state index in [4.69, 9.17) is 4.52 Å². The van der Waals surface area contributed by atoms with Crippen LogP contribution in [0.5, 0.6) is 0 Å². The molecule has 0 radical (unpaired) electrons. The van der Waals surface area contributed by atoms with Crippen LogP contribution >= 0.6 is 0 Å². The van der Waals surface area contributed by atoms with Crippen LogP contribution in [0.1, 0.15) is 31.9 Å². The highest BCUT2D eigenvalue weighted by Gasteiger charge is 2.38. The smallest absolute Gasteiger partial charge is 0.150 e. The number of hydrogen-bond acceptors (Lipinski definition) is 4. The highest BCUT2D eigenvalue weighted by molar-refractivity contribution is 4.98. The van der Waals surface area contributed by atoms with Crippen LogP contribution in [0.25, 0.3) is 0 Å². The van der Waals surface area contributed by atoms with E-state index in [2.05, 4.69) is 22.3 Å². The third-order valence-corrected chi connectivity index (χ3v) is 3.70. The second kappa shape index (κ2) is 4.18. The molecule has 1 saturated carbocycles. The van der Waals surface area contributed by atoms with Gasteiger partial charge >= 0.3 is 0 Å². The molecule has 1 aliphatic carbocycles. The third kappa shape index (κ3) is 2.13. The maximum absolute atomic E-state index is 5.08. The van der Waals surface area contributed by atoms with Gasteiger partial charge in [-0.3, -0.25) is 4.90 Å². The Balaban J connectivity index is 1.49. The molecule has 1 aromatic rings. The minimum atomic E-state index is 0.612. The molecule has 1 aromatic heterocycles. The van der Waals surface area contributed by atoms with Gasteiger partial charge in [-0.05, 0) is 26.2 Å². The highest BCUT2D eigenvalue weighted by atomic mass is 16.5. The summed E-state index contributed by atoms with van der Waals surface area (Å²) in [7, 11) is 0. The SMILES string of the molecule is CC1CC(NCc2ccno2)CN1C1CC1. The van der Waals surface area contributed by atoms with Gasteiger partial charge in [0.05, 0.1) is 12.7 Å². The maximum atomic E-state index is 5.08. The second-order valence-electron chi connectivity index (χ2n) is 5.07. The van der Waals surface area contributed by atoms with Gasteiger partial charge in [-0.15, -0.1) is 0 Å². The van der Waals surface area contributed by atoms with Gasteiger partial charge < -0.3 is 9.84 Å². The minimum absolute atomic E-state index is 0.612. The molecule has 0 aromatic carbocycles. The highest BCUT2D eigenvalue weighted by Crippen LogP contribution is 2.33. The molecule has 4 nitrogen and oxygen atoms in total. The molecule has 2 aliphatic rings. The lowest BCUT2D eigenvalue weighted by molar-refractivity contribution is 0.254. The van der Waals surface area contributed by atoms with Crippen molar-refractivity contribution in [2.75, 3.05) is 6.54 Å². The van der Waals surface area contributed by atoms with Crippen LogP contribution in [0.3, 0.4) is 0 Å². The molecule has 3 rings (SSSR count). The van der Waals surface area contributed by atoms with Crippen molar-refractivity contribution in [1.82, 2.24) is 15.4 Å². The van der Waals surface area contributed by atoms with Crippen molar-refractivity contribution in [3.05, 3.63) is 18.0 Å². The van der Waals surface area contributed by atoms with Crippen LogP contribution in [0.2, 0.25) is 0 Å². The van der Waals surface area contributed by atoms with Gasteiger partial charge in [0.25, 0.3) is 0 Å². The van der Waals surface area contributed by atoms with Gasteiger partial charge in [0.1, 0.15) is 5.76 Å². The van der Waals surface area contributed by atoms with Crippen molar-refractivity contribution in [2.24, 2.45) is 0 Å². The zero-order chi connectivity index (χ0) is 11.0. The molecule has 88 valence electrons. The molecule has 1 aliphatic heterocycles. The molecular weight excluding hydrogens is 202 g/mol. The lowest BCUT2D eigenvalue weighted by Crippen LogP contribution is -2.33. The first-order valence-corrected chi connectivity index (χ1v) is 6.21. The Morgan fingerprint density at radius 3 is 3.12 bits per heavy atom. The van der Waals surface area contributed by atoms with Gasteiger partial charge in [-0.25, -0.2) is 0 Å². The van der Waals surface area contributed by atoms with Gasteiger partial charge in [0, 0.05) is 30.7 Å². The molecule has 0 amide bonds. The number of rotatable bonds is 4. The maximum Gasteiger partial charge on any atom is 0.150 e. The van der Waals surface area contributed by atoms with Gasteiger partial charge in [0.15, 0.2) is 0 Å². The van der Waals surface area contributed by atoms with Crippen LogP contribution in [-0.4, -0.2) is 34.7 Å². The van der Waals surface area contributed by atoms with E-state index >= 15 is 0 Å². The second-order valence-corrected chi connectivity index (χ2v) is 5.07. The van der Waals surface area contributed by atoms with Gasteiger partial charge in [-0.1, -0.05) is 5.16 Å². The Morgan fingerprint density at radius 1 is 1.56 bits per heavy atom. The first kappa shape index (κ1) is 10.3. The Morgan fingerprint density at radius 2 is 2.44 bits per heavy atom. The summed E-state index contributed by atoms with van der Waals surface area (Å²) in [6.07, 6.45) is 5.76. The number of aromatic nitrogens is 1. The predicted octanol–water partition coefficient (Wildman–Crippen LogP) is 1.39. The van der Waals surface area contributed by atoms with Crippen molar-refractivity contribution in [1.29, 1.82) is 0 Å². The molecule has 2 heterocycles. The van der Waals surface area contributed by atoms with E-state index in [1.165, 1.54) is 25.8 Å². The van der Waals surface area contributed by atoms with Gasteiger partial charge in [0.2, 0.25) is 0 Å². The number of nitrogens with one attached hydrogen (secondary N) is 1. The summed E-state index contributed by atoms with van der Waals surface area (Å²) in [6.45, 7) is 4.34. The largest absolute Gasteiger partial charge is 0.360 e. The van der Waals surface area contributed by atoms with Gasteiger partial charge in [-0.2, -0.15) is 0 Å². The van der Waals surface area contributed by atoms with Crippen LogP contribution in [0, 0.1) is 0 Å². The fourth-order valence-electron chi connectivity index (χ4n) is 2.70. The lowest BCUT2D eigenvalue weighted by atomic mass is 10.2. The van der Waals surface area contributed by atoms with Crippen LogP contribution in [0.4, 0.5) is 0 Å². The first-order valence-electron chi connectivity index (χ1n) is 6.21. The zero-order valence-corrected chi connectivity index (χ0v) is 9.72. The summed E-state index contributed by atoms with van der Waals surface area (Å²) >= 11 is 0.